The number of halogens is 1. The molecule has 1 amide bonds. The number of hydrogen-bond donors (Lipinski definition) is 2. The number of ether oxygens (including phenoxy) is 2. The Balaban J connectivity index is 2.00. The van der Waals surface area contributed by atoms with Crippen molar-refractivity contribution >= 4 is 27.6 Å². The zero-order valence-electron chi connectivity index (χ0n) is 14.4. The number of nitrogens with one attached hydrogen (secondary N) is 1. The zero-order chi connectivity index (χ0) is 20.2. The molecule has 0 saturated carbocycles. The maximum Gasteiger partial charge on any atom is 0.339 e. The molecule has 8 nitrogen and oxygen atoms in total. The Kier molecular flexibility index (Phi) is 6.13. The normalized spacial score (nSPS) is 12.1. The predicted molar refractivity (Wildman–Crippen MR) is 94.3 cm³/mol. The number of anilines is 1. The van der Waals surface area contributed by atoms with Crippen LogP contribution < -0.4 is 15.2 Å². The van der Waals surface area contributed by atoms with Crippen molar-refractivity contribution in [3.63, 3.8) is 0 Å². The second-order valence-electron chi connectivity index (χ2n) is 5.46. The lowest BCUT2D eigenvalue weighted by molar-refractivity contribution is -0.123. The van der Waals surface area contributed by atoms with E-state index >= 15 is 0 Å². The summed E-state index contributed by atoms with van der Waals surface area (Å²) in [4.78, 5) is 24.0. The van der Waals surface area contributed by atoms with Crippen molar-refractivity contribution in [1.82, 2.24) is 0 Å². The molecular weight excluding hydrogens is 379 g/mol. The van der Waals surface area contributed by atoms with Gasteiger partial charge >= 0.3 is 5.97 Å². The highest BCUT2D eigenvalue weighted by Gasteiger charge is 2.20. The SMILES string of the molecule is COc1ccc(C(=O)O[C@H](C)C(=O)Nc2ccc(S(N)(=O)=O)cc2)cc1F. The van der Waals surface area contributed by atoms with Gasteiger partial charge in [-0.25, -0.2) is 22.7 Å². The first-order valence-electron chi connectivity index (χ1n) is 7.60. The summed E-state index contributed by atoms with van der Waals surface area (Å²) < 4.78 is 45.8. The molecule has 2 aromatic rings. The first kappa shape index (κ1) is 20.3. The second-order valence-corrected chi connectivity index (χ2v) is 7.02. The average molecular weight is 396 g/mol. The molecule has 0 aromatic heterocycles. The lowest BCUT2D eigenvalue weighted by atomic mass is 10.2. The Hall–Kier alpha value is -2.98. The molecule has 0 spiro atoms. The van der Waals surface area contributed by atoms with Gasteiger partial charge in [0, 0.05) is 5.69 Å². The maximum atomic E-state index is 13.6. The van der Waals surface area contributed by atoms with Crippen molar-refractivity contribution in [3.8, 4) is 5.75 Å². The molecule has 10 heteroatoms. The Labute approximate surface area is 155 Å². The summed E-state index contributed by atoms with van der Waals surface area (Å²) in [6.45, 7) is 1.34. The fourth-order valence-corrected chi connectivity index (χ4v) is 2.56. The van der Waals surface area contributed by atoms with Crippen LogP contribution in [0.1, 0.15) is 17.3 Å². The standard InChI is InChI=1S/C17H17FN2O6S/c1-10(26-17(22)11-3-8-15(25-2)14(18)9-11)16(21)20-12-4-6-13(7-5-12)27(19,23)24/h3-10H,1-2H3,(H,20,21)(H2,19,23,24)/t10-/m1/s1. The molecular formula is C17H17FN2O6S. The van der Waals surface area contributed by atoms with Gasteiger partial charge in [0.2, 0.25) is 10.0 Å². The molecule has 0 aliphatic carbocycles. The van der Waals surface area contributed by atoms with Gasteiger partial charge in [-0.3, -0.25) is 4.79 Å². The topological polar surface area (TPSA) is 125 Å². The minimum absolute atomic E-state index is 0.0275. The first-order chi connectivity index (χ1) is 12.6. The van der Waals surface area contributed by atoms with Gasteiger partial charge in [-0.1, -0.05) is 0 Å². The summed E-state index contributed by atoms with van der Waals surface area (Å²) in [7, 11) is -2.55. The van der Waals surface area contributed by atoms with Crippen LogP contribution in [0.2, 0.25) is 0 Å². The van der Waals surface area contributed by atoms with Crippen LogP contribution in [0, 0.1) is 5.82 Å². The van der Waals surface area contributed by atoms with Crippen LogP contribution in [0.15, 0.2) is 47.4 Å². The van der Waals surface area contributed by atoms with E-state index in [0.29, 0.717) is 0 Å². The minimum atomic E-state index is -3.84. The number of carbonyl (C=O) groups excluding carboxylic acids is 2. The van der Waals surface area contributed by atoms with Crippen molar-refractivity contribution in [3.05, 3.63) is 53.8 Å². The van der Waals surface area contributed by atoms with Crippen LogP contribution in [0.5, 0.6) is 5.75 Å². The summed E-state index contributed by atoms with van der Waals surface area (Å²) in [5.41, 5.74) is 0.205. The Morgan fingerprint density at radius 1 is 1.15 bits per heavy atom. The lowest BCUT2D eigenvalue weighted by Crippen LogP contribution is -2.30. The van der Waals surface area contributed by atoms with Crippen LogP contribution in [-0.4, -0.2) is 33.5 Å². The number of amides is 1. The quantitative estimate of drug-likeness (QED) is 0.716. The van der Waals surface area contributed by atoms with Crippen LogP contribution >= 0.6 is 0 Å². The van der Waals surface area contributed by atoms with E-state index < -0.39 is 33.8 Å². The van der Waals surface area contributed by atoms with Gasteiger partial charge in [0.15, 0.2) is 17.7 Å². The van der Waals surface area contributed by atoms with E-state index in [1.165, 1.54) is 50.4 Å². The summed E-state index contributed by atoms with van der Waals surface area (Å²) in [6.07, 6.45) is -1.18. The summed E-state index contributed by atoms with van der Waals surface area (Å²) >= 11 is 0. The first-order valence-corrected chi connectivity index (χ1v) is 9.14. The van der Waals surface area contributed by atoms with E-state index in [4.69, 9.17) is 14.6 Å². The van der Waals surface area contributed by atoms with Gasteiger partial charge in [-0.15, -0.1) is 0 Å². The van der Waals surface area contributed by atoms with Crippen LogP contribution in [0.4, 0.5) is 10.1 Å². The smallest absolute Gasteiger partial charge is 0.339 e. The Bertz CT molecular complexity index is 960. The summed E-state index contributed by atoms with van der Waals surface area (Å²) in [5.74, 6) is -2.30. The molecule has 0 bridgehead atoms. The van der Waals surface area contributed by atoms with Crippen molar-refractivity contribution in [2.75, 3.05) is 12.4 Å². The predicted octanol–water partition coefficient (Wildman–Crippen LogP) is 1.67. The number of nitrogens with two attached hydrogens (primary N) is 1. The molecule has 1 atom stereocenters. The lowest BCUT2D eigenvalue weighted by Gasteiger charge is -2.14. The van der Waals surface area contributed by atoms with Gasteiger partial charge in [-0.05, 0) is 49.4 Å². The molecule has 2 rings (SSSR count). The molecule has 0 heterocycles. The molecule has 27 heavy (non-hydrogen) atoms. The van der Waals surface area contributed by atoms with Crippen LogP contribution in [0.25, 0.3) is 0 Å². The van der Waals surface area contributed by atoms with E-state index in [2.05, 4.69) is 5.32 Å². The van der Waals surface area contributed by atoms with Gasteiger partial charge in [0.1, 0.15) is 0 Å². The van der Waals surface area contributed by atoms with Crippen molar-refractivity contribution in [2.45, 2.75) is 17.9 Å². The van der Waals surface area contributed by atoms with E-state index in [0.717, 1.165) is 6.07 Å². The third kappa shape index (κ3) is 5.25. The highest BCUT2D eigenvalue weighted by Crippen LogP contribution is 2.19. The van der Waals surface area contributed by atoms with Gasteiger partial charge < -0.3 is 14.8 Å². The molecule has 0 radical (unpaired) electrons. The fourth-order valence-electron chi connectivity index (χ4n) is 2.05. The number of rotatable bonds is 6. The highest BCUT2D eigenvalue weighted by molar-refractivity contribution is 7.89. The molecule has 0 saturated heterocycles. The van der Waals surface area contributed by atoms with Gasteiger partial charge in [0.25, 0.3) is 5.91 Å². The average Bonchev–Trinajstić information content (AvgIpc) is 2.61. The number of methoxy groups -OCH3 is 1. The molecule has 2 aromatic carbocycles. The number of carbonyl (C=O) groups is 2. The summed E-state index contributed by atoms with van der Waals surface area (Å²) in [5, 5.41) is 7.45. The largest absolute Gasteiger partial charge is 0.494 e. The molecule has 3 N–H and O–H groups in total. The highest BCUT2D eigenvalue weighted by atomic mass is 32.2. The maximum absolute atomic E-state index is 13.6. The van der Waals surface area contributed by atoms with Crippen molar-refractivity contribution < 1.29 is 31.9 Å². The van der Waals surface area contributed by atoms with Gasteiger partial charge in [0.05, 0.1) is 17.6 Å². The van der Waals surface area contributed by atoms with Crippen molar-refractivity contribution in [1.29, 1.82) is 0 Å². The third-order valence-corrected chi connectivity index (χ3v) is 4.42. The molecule has 0 unspecified atom stereocenters. The second kappa shape index (κ2) is 8.14. The number of primary sulfonamides is 1. The molecule has 0 aliphatic heterocycles. The van der Waals surface area contributed by atoms with E-state index in [1.54, 1.807) is 0 Å². The van der Waals surface area contributed by atoms with Gasteiger partial charge in [-0.2, -0.15) is 0 Å². The van der Waals surface area contributed by atoms with E-state index in [1.807, 2.05) is 0 Å². The van der Waals surface area contributed by atoms with E-state index in [-0.39, 0.29) is 21.9 Å². The minimum Gasteiger partial charge on any atom is -0.494 e. The monoisotopic (exact) mass is 396 g/mol. The van der Waals surface area contributed by atoms with Crippen LogP contribution in [0.3, 0.4) is 0 Å². The number of sulfonamides is 1. The number of hydrogen-bond acceptors (Lipinski definition) is 6. The van der Waals surface area contributed by atoms with E-state index in [9.17, 15) is 22.4 Å². The summed E-state index contributed by atoms with van der Waals surface area (Å²) in [6, 6.07) is 8.64. The number of esters is 1. The molecule has 0 fully saturated rings. The van der Waals surface area contributed by atoms with Crippen LogP contribution in [-0.2, 0) is 19.6 Å². The number of benzene rings is 2. The fraction of sp³-hybridized carbons (Fsp3) is 0.176. The Morgan fingerprint density at radius 2 is 1.78 bits per heavy atom. The molecule has 144 valence electrons. The zero-order valence-corrected chi connectivity index (χ0v) is 15.2. The van der Waals surface area contributed by atoms with Crippen molar-refractivity contribution in [2.24, 2.45) is 5.14 Å². The third-order valence-electron chi connectivity index (χ3n) is 3.49. The Morgan fingerprint density at radius 3 is 2.30 bits per heavy atom. The molecule has 0 aliphatic rings.